The fourth-order valence-electron chi connectivity index (χ4n) is 3.41. The number of rotatable bonds is 5. The topological polar surface area (TPSA) is 161 Å². The van der Waals surface area contributed by atoms with E-state index in [0.717, 1.165) is 0 Å². The highest BCUT2D eigenvalue weighted by molar-refractivity contribution is 6.30. The van der Waals surface area contributed by atoms with E-state index in [0.29, 0.717) is 38.6 Å². The Morgan fingerprint density at radius 3 is 2.71 bits per heavy atom. The van der Waals surface area contributed by atoms with Crippen molar-refractivity contribution in [2.45, 2.75) is 0 Å². The Bertz CT molecular complexity index is 1770. The minimum atomic E-state index is -1.07. The number of halogens is 1. The van der Waals surface area contributed by atoms with Gasteiger partial charge in [-0.2, -0.15) is 9.61 Å². The quantitative estimate of drug-likeness (QED) is 0.253. The van der Waals surface area contributed by atoms with Crippen LogP contribution in [-0.4, -0.2) is 40.7 Å². The summed E-state index contributed by atoms with van der Waals surface area (Å²) in [6, 6.07) is 14.9. The molecule has 0 radical (unpaired) electrons. The zero-order valence-corrected chi connectivity index (χ0v) is 18.5. The van der Waals surface area contributed by atoms with E-state index >= 15 is 0 Å². The number of carbonyl (C=O) groups is 1. The molecule has 3 heterocycles. The Morgan fingerprint density at radius 2 is 1.97 bits per heavy atom. The van der Waals surface area contributed by atoms with Gasteiger partial charge in [-0.15, -0.1) is 0 Å². The SMILES string of the molecule is O=C(O)c1cccc(N=c2cc(Nc3cccc(Cl)c3)nc3c(=Cc4[nH]c(=O)[nH]c4O)cnn23)c1. The summed E-state index contributed by atoms with van der Waals surface area (Å²) in [7, 11) is 0. The predicted molar refractivity (Wildman–Crippen MR) is 128 cm³/mol. The third kappa shape index (κ3) is 4.61. The summed E-state index contributed by atoms with van der Waals surface area (Å²) in [5, 5.41) is 27.8. The third-order valence-corrected chi connectivity index (χ3v) is 5.18. The van der Waals surface area contributed by atoms with Gasteiger partial charge in [-0.05, 0) is 42.5 Å². The van der Waals surface area contributed by atoms with Crippen molar-refractivity contribution in [1.29, 1.82) is 0 Å². The first-order valence-corrected chi connectivity index (χ1v) is 10.6. The number of H-pyrrole nitrogens is 2. The number of carboxylic acids is 1. The molecule has 11 nitrogen and oxygen atoms in total. The molecule has 0 spiro atoms. The Balaban J connectivity index is 1.73. The highest BCUT2D eigenvalue weighted by Crippen LogP contribution is 2.19. The smallest absolute Gasteiger partial charge is 0.335 e. The number of benzene rings is 2. The van der Waals surface area contributed by atoms with Gasteiger partial charge in [0.25, 0.3) is 0 Å². The summed E-state index contributed by atoms with van der Waals surface area (Å²) < 4.78 is 1.46. The second kappa shape index (κ2) is 8.80. The van der Waals surface area contributed by atoms with Gasteiger partial charge in [-0.1, -0.05) is 23.7 Å². The summed E-state index contributed by atoms with van der Waals surface area (Å²) in [5.41, 5.74) is 1.50. The van der Waals surface area contributed by atoms with Gasteiger partial charge in [-0.25, -0.2) is 19.6 Å². The molecule has 0 amide bonds. The number of nitrogens with zero attached hydrogens (tertiary/aromatic N) is 4. The highest BCUT2D eigenvalue weighted by Gasteiger charge is 2.09. The molecule has 0 atom stereocenters. The van der Waals surface area contributed by atoms with Crippen molar-refractivity contribution in [2.24, 2.45) is 4.99 Å². The molecule has 12 heteroatoms. The maximum absolute atomic E-state index is 11.5. The molecule has 0 aliphatic carbocycles. The van der Waals surface area contributed by atoms with Crippen LogP contribution in [0.1, 0.15) is 16.1 Å². The standard InChI is InChI=1S/C23H16ClN7O4/c24-14-4-2-6-16(9-14)26-18-10-19(27-15-5-1-3-12(7-15)22(33)34)31-20(29-18)13(11-25-31)8-17-21(32)30-23(35)28-17/h1-11,26,32H,(H,33,34)(H2,28,30,35). The van der Waals surface area contributed by atoms with Crippen molar-refractivity contribution in [1.82, 2.24) is 24.6 Å². The molecule has 5 rings (SSSR count). The Labute approximate surface area is 200 Å². The molecule has 0 fully saturated rings. The molecule has 0 unspecified atom stereocenters. The lowest BCUT2D eigenvalue weighted by Crippen LogP contribution is -2.18. The average Bonchev–Trinajstić information content (AvgIpc) is 3.36. The van der Waals surface area contributed by atoms with Crippen molar-refractivity contribution in [3.8, 4) is 5.88 Å². The predicted octanol–water partition coefficient (Wildman–Crippen LogP) is 2.33. The Morgan fingerprint density at radius 1 is 1.14 bits per heavy atom. The molecule has 174 valence electrons. The molecule has 0 saturated carbocycles. The number of aromatic nitrogens is 5. The molecular weight excluding hydrogens is 474 g/mol. The van der Waals surface area contributed by atoms with E-state index in [4.69, 9.17) is 11.6 Å². The molecular formula is C23H16ClN7O4. The van der Waals surface area contributed by atoms with E-state index < -0.39 is 11.7 Å². The van der Waals surface area contributed by atoms with Crippen molar-refractivity contribution in [3.63, 3.8) is 0 Å². The number of hydrogen-bond donors (Lipinski definition) is 5. The minimum Gasteiger partial charge on any atom is -0.493 e. The van der Waals surface area contributed by atoms with Gasteiger partial charge in [0.2, 0.25) is 5.88 Å². The van der Waals surface area contributed by atoms with Crippen LogP contribution in [-0.2, 0) is 0 Å². The number of aromatic carboxylic acids is 1. The van der Waals surface area contributed by atoms with Crippen molar-refractivity contribution < 1.29 is 15.0 Å². The second-order valence-corrected chi connectivity index (χ2v) is 7.86. The first-order valence-electron chi connectivity index (χ1n) is 10.2. The van der Waals surface area contributed by atoms with Crippen molar-refractivity contribution in [3.05, 3.63) is 98.3 Å². The fraction of sp³-hybridized carbons (Fsp3) is 0. The van der Waals surface area contributed by atoms with Gasteiger partial charge in [0.05, 0.1) is 17.4 Å². The monoisotopic (exact) mass is 489 g/mol. The summed E-state index contributed by atoms with van der Waals surface area (Å²) in [5.74, 6) is -0.977. The van der Waals surface area contributed by atoms with Gasteiger partial charge in [0.15, 0.2) is 11.1 Å². The molecule has 0 bridgehead atoms. The Hall–Kier alpha value is -4.90. The minimum absolute atomic E-state index is 0.0928. The largest absolute Gasteiger partial charge is 0.493 e. The number of fused-ring (bicyclic) bond motifs is 1. The number of nitrogens with one attached hydrogen (secondary N) is 3. The van der Waals surface area contributed by atoms with E-state index in [2.05, 4.69) is 30.4 Å². The van der Waals surface area contributed by atoms with Gasteiger partial charge in [0.1, 0.15) is 11.5 Å². The zero-order valence-electron chi connectivity index (χ0n) is 17.7. The molecule has 3 aromatic heterocycles. The molecule has 35 heavy (non-hydrogen) atoms. The van der Waals surface area contributed by atoms with Crippen LogP contribution in [0, 0.1) is 0 Å². The normalized spacial score (nSPS) is 12.4. The molecule has 5 aromatic rings. The van der Waals surface area contributed by atoms with Crippen LogP contribution < -0.4 is 21.7 Å². The van der Waals surface area contributed by atoms with Crippen LogP contribution in [0.15, 0.2) is 70.6 Å². The lowest BCUT2D eigenvalue weighted by atomic mass is 10.2. The molecule has 0 aliphatic rings. The zero-order chi connectivity index (χ0) is 24.5. The molecule has 0 saturated heterocycles. The fourth-order valence-corrected chi connectivity index (χ4v) is 3.60. The first-order chi connectivity index (χ1) is 16.9. The van der Waals surface area contributed by atoms with E-state index in [1.54, 1.807) is 36.4 Å². The summed E-state index contributed by atoms with van der Waals surface area (Å²) in [4.78, 5) is 36.8. The summed E-state index contributed by atoms with van der Waals surface area (Å²) >= 11 is 6.10. The number of aromatic hydroxyl groups is 1. The molecule has 2 aromatic carbocycles. The van der Waals surface area contributed by atoms with E-state index in [1.165, 1.54) is 28.9 Å². The average molecular weight is 490 g/mol. The van der Waals surface area contributed by atoms with Crippen molar-refractivity contribution >= 4 is 46.5 Å². The number of imidazole rings is 1. The van der Waals surface area contributed by atoms with Crippen LogP contribution in [0.4, 0.5) is 17.2 Å². The molecule has 5 N–H and O–H groups in total. The third-order valence-electron chi connectivity index (χ3n) is 4.95. The van der Waals surface area contributed by atoms with Crippen LogP contribution >= 0.6 is 11.6 Å². The van der Waals surface area contributed by atoms with Crippen LogP contribution in [0.3, 0.4) is 0 Å². The Kier molecular flexibility index (Phi) is 5.51. The van der Waals surface area contributed by atoms with Gasteiger partial charge in [0, 0.05) is 22.0 Å². The number of hydrogen-bond acceptors (Lipinski definition) is 7. The van der Waals surface area contributed by atoms with Gasteiger partial charge in [-0.3, -0.25) is 4.98 Å². The van der Waals surface area contributed by atoms with Gasteiger partial charge < -0.3 is 20.5 Å². The lowest BCUT2D eigenvalue weighted by Gasteiger charge is -2.07. The van der Waals surface area contributed by atoms with E-state index in [9.17, 15) is 19.8 Å². The summed E-state index contributed by atoms with van der Waals surface area (Å²) in [6.07, 6.45) is 3.02. The van der Waals surface area contributed by atoms with E-state index in [1.807, 2.05) is 6.07 Å². The summed E-state index contributed by atoms with van der Waals surface area (Å²) in [6.45, 7) is 0. The van der Waals surface area contributed by atoms with Gasteiger partial charge >= 0.3 is 11.7 Å². The first kappa shape index (κ1) is 21.9. The number of carboxylic acid groups (broad SMARTS) is 1. The maximum atomic E-state index is 11.5. The lowest BCUT2D eigenvalue weighted by molar-refractivity contribution is 0.0697. The number of anilines is 2. The van der Waals surface area contributed by atoms with Crippen LogP contribution in [0.2, 0.25) is 5.02 Å². The van der Waals surface area contributed by atoms with Crippen LogP contribution in [0.25, 0.3) is 11.7 Å². The molecule has 0 aliphatic heterocycles. The van der Waals surface area contributed by atoms with E-state index in [-0.39, 0.29) is 17.1 Å². The highest BCUT2D eigenvalue weighted by atomic mass is 35.5. The van der Waals surface area contributed by atoms with Crippen LogP contribution in [0.5, 0.6) is 5.88 Å². The van der Waals surface area contributed by atoms with Crippen molar-refractivity contribution in [2.75, 3.05) is 5.32 Å². The number of aromatic amines is 2. The second-order valence-electron chi connectivity index (χ2n) is 7.42. The maximum Gasteiger partial charge on any atom is 0.335 e.